The minimum absolute atomic E-state index is 0.0491. The number of amides is 1. The van der Waals surface area contributed by atoms with Gasteiger partial charge in [-0.2, -0.15) is 0 Å². The Bertz CT molecular complexity index is 622. The first-order chi connectivity index (χ1) is 11.2. The Morgan fingerprint density at radius 1 is 1.13 bits per heavy atom. The summed E-state index contributed by atoms with van der Waals surface area (Å²) < 4.78 is 13.3. The number of allylic oxidation sites excluding steroid dienone is 2. The number of rotatable bonds is 3. The molecule has 1 aromatic rings. The van der Waals surface area contributed by atoms with Gasteiger partial charge in [0.15, 0.2) is 0 Å². The lowest BCUT2D eigenvalue weighted by Gasteiger charge is -2.37. The lowest BCUT2D eigenvalue weighted by molar-refractivity contribution is 0.0609. The molecule has 1 amide bonds. The third kappa shape index (κ3) is 3.05. The highest BCUT2D eigenvalue weighted by Crippen LogP contribution is 2.43. The molecule has 2 aliphatic carbocycles. The number of piperazine rings is 1. The Labute approximate surface area is 136 Å². The Kier molecular flexibility index (Phi) is 3.93. The molecule has 2 fully saturated rings. The standard InChI is InChI=1S/C19H23FN2O/c20-18-3-1-2-16(12-18)19(23)22-8-6-21(7-9-22)13-17-11-14-4-5-15(17)10-14/h1-5,12,14-15,17H,6-11,13H2/t14-,15+,17+/m0/s1. The molecule has 2 bridgehead atoms. The molecule has 0 radical (unpaired) electrons. The molecule has 0 spiro atoms. The number of carbonyl (C=O) groups excluding carboxylic acids is 1. The molecule has 1 aromatic carbocycles. The largest absolute Gasteiger partial charge is 0.336 e. The monoisotopic (exact) mass is 314 g/mol. The molecule has 0 aromatic heterocycles. The summed E-state index contributed by atoms with van der Waals surface area (Å²) in [5.41, 5.74) is 0.455. The highest BCUT2D eigenvalue weighted by atomic mass is 19.1. The third-order valence-electron chi connectivity index (χ3n) is 5.64. The number of benzene rings is 1. The molecule has 1 heterocycles. The van der Waals surface area contributed by atoms with E-state index in [9.17, 15) is 9.18 Å². The first-order valence-corrected chi connectivity index (χ1v) is 8.64. The predicted molar refractivity (Wildman–Crippen MR) is 87.6 cm³/mol. The average Bonchev–Trinajstić information content (AvgIpc) is 3.18. The second kappa shape index (κ2) is 6.08. The number of hydrogen-bond acceptors (Lipinski definition) is 2. The van der Waals surface area contributed by atoms with Crippen LogP contribution in [0.15, 0.2) is 36.4 Å². The second-order valence-corrected chi connectivity index (χ2v) is 7.14. The molecule has 122 valence electrons. The van der Waals surface area contributed by atoms with Crippen LogP contribution in [0.25, 0.3) is 0 Å². The van der Waals surface area contributed by atoms with Crippen LogP contribution in [-0.2, 0) is 0 Å². The Morgan fingerprint density at radius 2 is 1.96 bits per heavy atom. The summed E-state index contributed by atoms with van der Waals surface area (Å²) in [4.78, 5) is 16.8. The Balaban J connectivity index is 1.30. The van der Waals surface area contributed by atoms with E-state index in [1.165, 1.54) is 25.0 Å². The van der Waals surface area contributed by atoms with E-state index in [0.29, 0.717) is 5.56 Å². The minimum Gasteiger partial charge on any atom is -0.336 e. The second-order valence-electron chi connectivity index (χ2n) is 7.14. The van der Waals surface area contributed by atoms with Crippen molar-refractivity contribution in [2.45, 2.75) is 12.8 Å². The van der Waals surface area contributed by atoms with E-state index in [0.717, 1.165) is 50.5 Å². The summed E-state index contributed by atoms with van der Waals surface area (Å²) in [6.07, 6.45) is 7.48. The van der Waals surface area contributed by atoms with Crippen LogP contribution in [0.1, 0.15) is 23.2 Å². The van der Waals surface area contributed by atoms with Crippen LogP contribution in [0.2, 0.25) is 0 Å². The van der Waals surface area contributed by atoms with Crippen molar-refractivity contribution in [3.63, 3.8) is 0 Å². The van der Waals surface area contributed by atoms with Gasteiger partial charge in [0.1, 0.15) is 5.82 Å². The summed E-state index contributed by atoms with van der Waals surface area (Å²) in [6.45, 7) is 4.50. The Morgan fingerprint density at radius 3 is 2.61 bits per heavy atom. The van der Waals surface area contributed by atoms with Crippen LogP contribution in [-0.4, -0.2) is 48.4 Å². The molecule has 1 aliphatic heterocycles. The van der Waals surface area contributed by atoms with Crippen LogP contribution in [0, 0.1) is 23.6 Å². The molecule has 3 aliphatic rings. The maximum atomic E-state index is 13.3. The fourth-order valence-electron chi connectivity index (χ4n) is 4.37. The highest BCUT2D eigenvalue weighted by Gasteiger charge is 2.36. The van der Waals surface area contributed by atoms with E-state index >= 15 is 0 Å². The number of halogens is 1. The van der Waals surface area contributed by atoms with Crippen LogP contribution >= 0.6 is 0 Å². The molecule has 3 nitrogen and oxygen atoms in total. The van der Waals surface area contributed by atoms with E-state index in [1.807, 2.05) is 4.90 Å². The van der Waals surface area contributed by atoms with Crippen LogP contribution in [0.3, 0.4) is 0 Å². The summed E-state index contributed by atoms with van der Waals surface area (Å²) in [7, 11) is 0. The average molecular weight is 314 g/mol. The van der Waals surface area contributed by atoms with Gasteiger partial charge in [-0.15, -0.1) is 0 Å². The van der Waals surface area contributed by atoms with Crippen LogP contribution < -0.4 is 0 Å². The zero-order valence-corrected chi connectivity index (χ0v) is 13.3. The van der Waals surface area contributed by atoms with Crippen molar-refractivity contribution in [2.24, 2.45) is 17.8 Å². The van der Waals surface area contributed by atoms with Crippen molar-refractivity contribution in [3.8, 4) is 0 Å². The minimum atomic E-state index is -0.348. The van der Waals surface area contributed by atoms with Gasteiger partial charge in [0, 0.05) is 38.3 Å². The van der Waals surface area contributed by atoms with Crippen molar-refractivity contribution < 1.29 is 9.18 Å². The number of fused-ring (bicyclic) bond motifs is 2. The fourth-order valence-corrected chi connectivity index (χ4v) is 4.37. The summed E-state index contributed by atoms with van der Waals surface area (Å²) in [5, 5.41) is 0. The lowest BCUT2D eigenvalue weighted by Crippen LogP contribution is -2.50. The molecule has 0 N–H and O–H groups in total. The molecule has 0 unspecified atom stereocenters. The number of nitrogens with zero attached hydrogens (tertiary/aromatic N) is 2. The van der Waals surface area contributed by atoms with E-state index in [-0.39, 0.29) is 11.7 Å². The van der Waals surface area contributed by atoms with Gasteiger partial charge in [-0.05, 0) is 48.8 Å². The molecule has 4 heteroatoms. The van der Waals surface area contributed by atoms with Gasteiger partial charge < -0.3 is 4.90 Å². The highest BCUT2D eigenvalue weighted by molar-refractivity contribution is 5.94. The molecule has 4 rings (SSSR count). The Hall–Kier alpha value is -1.68. The molecule has 23 heavy (non-hydrogen) atoms. The van der Waals surface area contributed by atoms with Crippen molar-refractivity contribution in [3.05, 3.63) is 47.8 Å². The molecular formula is C19H23FN2O. The van der Waals surface area contributed by atoms with Crippen LogP contribution in [0.4, 0.5) is 4.39 Å². The van der Waals surface area contributed by atoms with Crippen molar-refractivity contribution >= 4 is 5.91 Å². The van der Waals surface area contributed by atoms with Gasteiger partial charge in [0.05, 0.1) is 0 Å². The van der Waals surface area contributed by atoms with Crippen molar-refractivity contribution in [1.29, 1.82) is 0 Å². The van der Waals surface area contributed by atoms with E-state index in [4.69, 9.17) is 0 Å². The molecule has 3 atom stereocenters. The smallest absolute Gasteiger partial charge is 0.254 e. The lowest BCUT2D eigenvalue weighted by atomic mass is 9.93. The fraction of sp³-hybridized carbons (Fsp3) is 0.526. The topological polar surface area (TPSA) is 23.6 Å². The number of carbonyl (C=O) groups is 1. The summed E-state index contributed by atoms with van der Waals surface area (Å²) in [6, 6.07) is 6.00. The maximum Gasteiger partial charge on any atom is 0.254 e. The van der Waals surface area contributed by atoms with E-state index in [2.05, 4.69) is 17.1 Å². The zero-order valence-electron chi connectivity index (χ0n) is 13.3. The summed E-state index contributed by atoms with van der Waals surface area (Å²) >= 11 is 0. The van der Waals surface area contributed by atoms with Gasteiger partial charge in [0.2, 0.25) is 0 Å². The van der Waals surface area contributed by atoms with Gasteiger partial charge in [-0.1, -0.05) is 18.2 Å². The van der Waals surface area contributed by atoms with E-state index in [1.54, 1.807) is 12.1 Å². The zero-order chi connectivity index (χ0) is 15.8. The first-order valence-electron chi connectivity index (χ1n) is 8.64. The predicted octanol–water partition coefficient (Wildman–Crippen LogP) is 2.80. The molecule has 1 saturated carbocycles. The summed E-state index contributed by atoms with van der Waals surface area (Å²) in [5.74, 6) is 2.01. The SMILES string of the molecule is O=C(c1cccc(F)c1)N1CCN(C[C@H]2C[C@H]3C=C[C@@H]2C3)CC1. The maximum absolute atomic E-state index is 13.3. The first kappa shape index (κ1) is 14.9. The van der Waals surface area contributed by atoms with Gasteiger partial charge in [-0.3, -0.25) is 9.69 Å². The van der Waals surface area contributed by atoms with E-state index < -0.39 is 0 Å². The van der Waals surface area contributed by atoms with Crippen molar-refractivity contribution in [2.75, 3.05) is 32.7 Å². The van der Waals surface area contributed by atoms with Gasteiger partial charge >= 0.3 is 0 Å². The van der Waals surface area contributed by atoms with Gasteiger partial charge in [0.25, 0.3) is 5.91 Å². The molecule has 1 saturated heterocycles. The normalized spacial score (nSPS) is 30.1. The third-order valence-corrected chi connectivity index (χ3v) is 5.64. The van der Waals surface area contributed by atoms with Crippen LogP contribution in [0.5, 0.6) is 0 Å². The molecular weight excluding hydrogens is 291 g/mol. The van der Waals surface area contributed by atoms with Gasteiger partial charge in [-0.25, -0.2) is 4.39 Å². The quantitative estimate of drug-likeness (QED) is 0.801. The number of hydrogen-bond donors (Lipinski definition) is 0. The van der Waals surface area contributed by atoms with Crippen molar-refractivity contribution in [1.82, 2.24) is 9.80 Å².